The normalized spacial score (nSPS) is 16.1. The Balaban J connectivity index is 1.65. The van der Waals surface area contributed by atoms with Gasteiger partial charge in [0.15, 0.2) is 6.61 Å². The second kappa shape index (κ2) is 8.19. The molecule has 1 aliphatic heterocycles. The van der Waals surface area contributed by atoms with Gasteiger partial charge >= 0.3 is 5.97 Å². The molecule has 0 N–H and O–H groups in total. The van der Waals surface area contributed by atoms with Crippen molar-refractivity contribution in [2.75, 3.05) is 13.2 Å². The smallest absolute Gasteiger partial charge is 0.338 e. The Labute approximate surface area is 158 Å². The van der Waals surface area contributed by atoms with Gasteiger partial charge in [-0.15, -0.1) is 0 Å². The van der Waals surface area contributed by atoms with Crippen molar-refractivity contribution in [1.82, 2.24) is 4.57 Å². The van der Waals surface area contributed by atoms with Crippen LogP contribution in [0.2, 0.25) is 0 Å². The molecule has 1 aromatic carbocycles. The second-order valence-electron chi connectivity index (χ2n) is 6.72. The summed E-state index contributed by atoms with van der Waals surface area (Å²) in [5, 5.41) is 8.90. The number of hydrogen-bond acceptors (Lipinski definition) is 5. The number of benzene rings is 1. The minimum Gasteiger partial charge on any atom is -0.454 e. The van der Waals surface area contributed by atoms with E-state index in [1.807, 2.05) is 26.0 Å². The van der Waals surface area contributed by atoms with Gasteiger partial charge in [0, 0.05) is 30.1 Å². The van der Waals surface area contributed by atoms with Crippen LogP contribution in [0, 0.1) is 25.2 Å². The van der Waals surface area contributed by atoms with E-state index in [0.717, 1.165) is 37.4 Å². The highest BCUT2D eigenvalue weighted by Gasteiger charge is 2.22. The van der Waals surface area contributed by atoms with Gasteiger partial charge in [-0.3, -0.25) is 4.79 Å². The lowest BCUT2D eigenvalue weighted by Crippen LogP contribution is -2.18. The number of nitriles is 1. The van der Waals surface area contributed by atoms with Crippen LogP contribution < -0.4 is 0 Å². The number of ketones is 1. The van der Waals surface area contributed by atoms with Crippen LogP contribution in [-0.4, -0.2) is 35.6 Å². The summed E-state index contributed by atoms with van der Waals surface area (Å²) in [4.78, 5) is 24.7. The highest BCUT2D eigenvalue weighted by Crippen LogP contribution is 2.21. The molecule has 0 aliphatic carbocycles. The first-order valence-electron chi connectivity index (χ1n) is 8.98. The maximum absolute atomic E-state index is 12.6. The zero-order valence-corrected chi connectivity index (χ0v) is 15.5. The highest BCUT2D eigenvalue weighted by molar-refractivity contribution is 6.00. The minimum atomic E-state index is -0.617. The number of aryl methyl sites for hydroxylation is 1. The van der Waals surface area contributed by atoms with Crippen LogP contribution >= 0.6 is 0 Å². The van der Waals surface area contributed by atoms with Crippen LogP contribution in [0.1, 0.15) is 50.5 Å². The van der Waals surface area contributed by atoms with E-state index in [-0.39, 0.29) is 24.1 Å². The topological polar surface area (TPSA) is 81.3 Å². The number of carbonyl (C=O) groups is 2. The highest BCUT2D eigenvalue weighted by atomic mass is 16.5. The summed E-state index contributed by atoms with van der Waals surface area (Å²) in [6, 6.07) is 10.0. The third-order valence-corrected chi connectivity index (χ3v) is 4.85. The molecule has 140 valence electrons. The molecular formula is C21H22N2O4. The Morgan fingerprint density at radius 1 is 1.33 bits per heavy atom. The Morgan fingerprint density at radius 2 is 2.15 bits per heavy atom. The molecule has 0 radical (unpaired) electrons. The van der Waals surface area contributed by atoms with Crippen LogP contribution in [0.4, 0.5) is 0 Å². The fourth-order valence-electron chi connectivity index (χ4n) is 3.36. The summed E-state index contributed by atoms with van der Waals surface area (Å²) in [5.74, 6) is -0.861. The van der Waals surface area contributed by atoms with Crippen molar-refractivity contribution in [1.29, 1.82) is 5.26 Å². The molecule has 0 saturated carbocycles. The lowest BCUT2D eigenvalue weighted by atomic mass is 10.1. The Kier molecular flexibility index (Phi) is 5.72. The molecule has 1 atom stereocenters. The van der Waals surface area contributed by atoms with E-state index in [4.69, 9.17) is 14.7 Å². The summed E-state index contributed by atoms with van der Waals surface area (Å²) >= 11 is 0. The maximum Gasteiger partial charge on any atom is 0.338 e. The third-order valence-electron chi connectivity index (χ3n) is 4.85. The van der Waals surface area contributed by atoms with Crippen LogP contribution in [0.5, 0.6) is 0 Å². The van der Waals surface area contributed by atoms with E-state index >= 15 is 0 Å². The van der Waals surface area contributed by atoms with Crippen LogP contribution in [0.15, 0.2) is 30.3 Å². The Bertz CT molecular complexity index is 901. The molecule has 0 amide bonds. The molecule has 1 aliphatic rings. The van der Waals surface area contributed by atoms with Crippen molar-refractivity contribution in [3.8, 4) is 6.07 Å². The number of rotatable bonds is 6. The molecule has 6 nitrogen and oxygen atoms in total. The van der Waals surface area contributed by atoms with Gasteiger partial charge in [0.2, 0.25) is 5.78 Å². The molecule has 2 aromatic rings. The van der Waals surface area contributed by atoms with E-state index in [2.05, 4.69) is 4.57 Å². The summed E-state index contributed by atoms with van der Waals surface area (Å²) < 4.78 is 12.9. The largest absolute Gasteiger partial charge is 0.454 e. The predicted octanol–water partition coefficient (Wildman–Crippen LogP) is 3.20. The summed E-state index contributed by atoms with van der Waals surface area (Å²) in [7, 11) is 0. The number of carbonyl (C=O) groups excluding carboxylic acids is 2. The SMILES string of the molecule is Cc1cc(C(=O)COC(=O)c2cccc(C#N)c2)c(C)n1C[C@H]1CCCO1. The molecule has 2 heterocycles. The van der Waals surface area contributed by atoms with E-state index in [0.29, 0.717) is 11.1 Å². The van der Waals surface area contributed by atoms with Crippen molar-refractivity contribution in [2.24, 2.45) is 0 Å². The second-order valence-corrected chi connectivity index (χ2v) is 6.72. The maximum atomic E-state index is 12.6. The molecule has 1 aromatic heterocycles. The lowest BCUT2D eigenvalue weighted by Gasteiger charge is -2.14. The van der Waals surface area contributed by atoms with Crippen molar-refractivity contribution in [2.45, 2.75) is 39.3 Å². The predicted molar refractivity (Wildman–Crippen MR) is 98.7 cm³/mol. The van der Waals surface area contributed by atoms with E-state index in [9.17, 15) is 9.59 Å². The molecule has 0 spiro atoms. The van der Waals surface area contributed by atoms with Gasteiger partial charge in [-0.2, -0.15) is 5.26 Å². The number of nitrogens with zero attached hydrogens (tertiary/aromatic N) is 2. The van der Waals surface area contributed by atoms with Crippen LogP contribution in [-0.2, 0) is 16.0 Å². The molecule has 0 bridgehead atoms. The fraction of sp³-hybridized carbons (Fsp3) is 0.381. The average molecular weight is 366 g/mol. The zero-order valence-electron chi connectivity index (χ0n) is 15.5. The third kappa shape index (κ3) is 4.26. The van der Waals surface area contributed by atoms with Gasteiger partial charge in [-0.05, 0) is 51.0 Å². The first-order chi connectivity index (χ1) is 13.0. The monoisotopic (exact) mass is 366 g/mol. The van der Waals surface area contributed by atoms with Gasteiger partial charge in [-0.25, -0.2) is 4.79 Å². The Morgan fingerprint density at radius 3 is 2.85 bits per heavy atom. The number of hydrogen-bond donors (Lipinski definition) is 0. The molecule has 1 fully saturated rings. The average Bonchev–Trinajstić information content (AvgIpc) is 3.29. The van der Waals surface area contributed by atoms with Gasteiger partial charge in [0.05, 0.1) is 23.3 Å². The minimum absolute atomic E-state index is 0.183. The van der Waals surface area contributed by atoms with E-state index in [1.54, 1.807) is 18.2 Å². The zero-order chi connectivity index (χ0) is 19.4. The van der Waals surface area contributed by atoms with E-state index < -0.39 is 5.97 Å². The number of aromatic nitrogens is 1. The van der Waals surface area contributed by atoms with Gasteiger partial charge in [-0.1, -0.05) is 6.07 Å². The van der Waals surface area contributed by atoms with Crippen LogP contribution in [0.25, 0.3) is 0 Å². The Hall–Kier alpha value is -2.91. The fourth-order valence-corrected chi connectivity index (χ4v) is 3.36. The lowest BCUT2D eigenvalue weighted by molar-refractivity contribution is 0.0474. The van der Waals surface area contributed by atoms with Crippen molar-refractivity contribution in [3.63, 3.8) is 0 Å². The molecule has 27 heavy (non-hydrogen) atoms. The molecule has 0 unspecified atom stereocenters. The van der Waals surface area contributed by atoms with Gasteiger partial charge < -0.3 is 14.0 Å². The molecule has 1 saturated heterocycles. The van der Waals surface area contributed by atoms with Gasteiger partial charge in [0.1, 0.15) is 0 Å². The number of Topliss-reactive ketones (excluding diaryl/α,β-unsaturated/α-hetero) is 1. The first-order valence-corrected chi connectivity index (χ1v) is 8.98. The quantitative estimate of drug-likeness (QED) is 0.579. The van der Waals surface area contributed by atoms with Crippen molar-refractivity contribution >= 4 is 11.8 Å². The summed E-state index contributed by atoms with van der Waals surface area (Å²) in [5.41, 5.74) is 3.03. The molecule has 6 heteroatoms. The number of ether oxygens (including phenoxy) is 2. The summed E-state index contributed by atoms with van der Waals surface area (Å²) in [6.07, 6.45) is 2.28. The first kappa shape index (κ1) is 18.9. The van der Waals surface area contributed by atoms with Crippen LogP contribution in [0.3, 0.4) is 0 Å². The standard InChI is InChI=1S/C21H22N2O4/c1-14-9-19(15(2)23(14)12-18-7-4-8-26-18)20(24)13-27-21(25)17-6-3-5-16(10-17)11-22/h3,5-6,9-10,18H,4,7-8,12-13H2,1-2H3/t18-/m1/s1. The molecule has 3 rings (SSSR count). The van der Waals surface area contributed by atoms with E-state index in [1.165, 1.54) is 6.07 Å². The van der Waals surface area contributed by atoms with Crippen molar-refractivity contribution in [3.05, 3.63) is 58.4 Å². The molecular weight excluding hydrogens is 344 g/mol. The number of esters is 1. The summed E-state index contributed by atoms with van der Waals surface area (Å²) in [6.45, 7) is 5.04. The van der Waals surface area contributed by atoms with Gasteiger partial charge in [0.25, 0.3) is 0 Å². The van der Waals surface area contributed by atoms with Crippen molar-refractivity contribution < 1.29 is 19.1 Å².